The maximum atomic E-state index is 13.8. The number of alkyl halides is 2. The second-order valence-corrected chi connectivity index (χ2v) is 11.7. The largest absolute Gasteiger partial charge is 0.492 e. The monoisotopic (exact) mass is 565 g/mol. The third-order valence-corrected chi connectivity index (χ3v) is 8.26. The first-order valence-corrected chi connectivity index (χ1v) is 13.3. The lowest BCUT2D eigenvalue weighted by Crippen LogP contribution is -2.36. The quantitative estimate of drug-likeness (QED) is 0.179. The topological polar surface area (TPSA) is 65.1 Å². The van der Waals surface area contributed by atoms with Crippen molar-refractivity contribution < 1.29 is 23.8 Å². The Labute approximate surface area is 238 Å². The van der Waals surface area contributed by atoms with E-state index in [2.05, 4.69) is 0 Å². The fourth-order valence-electron chi connectivity index (χ4n) is 5.44. The van der Waals surface area contributed by atoms with Gasteiger partial charge in [0, 0.05) is 40.3 Å². The van der Waals surface area contributed by atoms with Gasteiger partial charge in [-0.05, 0) is 49.8 Å². The molecule has 1 aliphatic heterocycles. The van der Waals surface area contributed by atoms with Gasteiger partial charge < -0.3 is 19.1 Å². The minimum atomic E-state index is -0.908. The van der Waals surface area contributed by atoms with E-state index in [9.17, 15) is 9.59 Å². The number of methoxy groups -OCH3 is 2. The Kier molecular flexibility index (Phi) is 7.12. The van der Waals surface area contributed by atoms with Crippen molar-refractivity contribution in [1.82, 2.24) is 0 Å². The predicted octanol–water partition coefficient (Wildman–Crippen LogP) is 6.79. The standard InChI is InChI=1S/C31H29Cl2NO5/c1-30(2)28-25(31(28,32)33)23-15-14-21(26(38-4)27(23)39-30)18-34(29(36)20-10-6-5-7-11-20)22-12-8-9-19(17-22)13-16-24(35)37-3/h5-17,25,28H,18H2,1-4H3/b16-13+. The zero-order chi connectivity index (χ0) is 27.9. The molecule has 1 amide bonds. The van der Waals surface area contributed by atoms with Crippen LogP contribution in [0.15, 0.2) is 72.8 Å². The van der Waals surface area contributed by atoms with Crippen LogP contribution in [0.1, 0.15) is 46.8 Å². The van der Waals surface area contributed by atoms with Crippen molar-refractivity contribution >= 4 is 46.8 Å². The van der Waals surface area contributed by atoms with Crippen LogP contribution >= 0.6 is 23.2 Å². The van der Waals surface area contributed by atoms with Gasteiger partial charge in [-0.25, -0.2) is 4.79 Å². The summed E-state index contributed by atoms with van der Waals surface area (Å²) in [6.07, 6.45) is 2.99. The number of carbonyl (C=O) groups excluding carboxylic acids is 2. The number of amides is 1. The number of halogens is 2. The molecule has 0 spiro atoms. The van der Waals surface area contributed by atoms with Crippen molar-refractivity contribution in [3.8, 4) is 11.5 Å². The molecule has 6 nitrogen and oxygen atoms in total. The highest BCUT2D eigenvalue weighted by atomic mass is 35.5. The van der Waals surface area contributed by atoms with Gasteiger partial charge in [0.05, 0.1) is 20.8 Å². The summed E-state index contributed by atoms with van der Waals surface area (Å²) < 4.78 is 16.1. The van der Waals surface area contributed by atoms with Crippen LogP contribution in [0.25, 0.3) is 6.08 Å². The van der Waals surface area contributed by atoms with Crippen LogP contribution < -0.4 is 14.4 Å². The van der Waals surface area contributed by atoms with Crippen molar-refractivity contribution in [2.24, 2.45) is 5.92 Å². The molecular weight excluding hydrogens is 537 g/mol. The highest BCUT2D eigenvalue weighted by Crippen LogP contribution is 2.73. The van der Waals surface area contributed by atoms with Crippen LogP contribution in [-0.2, 0) is 16.1 Å². The van der Waals surface area contributed by atoms with Crippen LogP contribution in [0.4, 0.5) is 5.69 Å². The van der Waals surface area contributed by atoms with Gasteiger partial charge in [-0.2, -0.15) is 0 Å². The van der Waals surface area contributed by atoms with Crippen molar-refractivity contribution in [2.45, 2.75) is 36.2 Å². The van der Waals surface area contributed by atoms with Gasteiger partial charge in [-0.1, -0.05) is 42.5 Å². The third-order valence-electron chi connectivity index (χ3n) is 7.32. The van der Waals surface area contributed by atoms with Crippen LogP contribution in [0, 0.1) is 5.92 Å². The van der Waals surface area contributed by atoms with E-state index in [-0.39, 0.29) is 24.3 Å². The molecule has 1 saturated carbocycles. The second kappa shape index (κ2) is 10.2. The molecular formula is C31H29Cl2NO5. The lowest BCUT2D eigenvalue weighted by atomic mass is 9.93. The summed E-state index contributed by atoms with van der Waals surface area (Å²) in [7, 11) is 2.91. The molecule has 0 aromatic heterocycles. The highest BCUT2D eigenvalue weighted by molar-refractivity contribution is 6.52. The Bertz CT molecular complexity index is 1450. The molecule has 202 valence electrons. The predicted molar refractivity (Wildman–Crippen MR) is 153 cm³/mol. The molecule has 3 aromatic rings. The maximum Gasteiger partial charge on any atom is 0.330 e. The Morgan fingerprint density at radius 3 is 2.46 bits per heavy atom. The molecule has 39 heavy (non-hydrogen) atoms. The first kappa shape index (κ1) is 27.1. The first-order chi connectivity index (χ1) is 18.6. The summed E-state index contributed by atoms with van der Waals surface area (Å²) in [6, 6.07) is 20.3. The summed E-state index contributed by atoms with van der Waals surface area (Å²) in [5.41, 5.74) is 3.01. The summed E-state index contributed by atoms with van der Waals surface area (Å²) >= 11 is 13.3. The van der Waals surface area contributed by atoms with E-state index < -0.39 is 15.9 Å². The van der Waals surface area contributed by atoms with Gasteiger partial charge in [-0.3, -0.25) is 4.79 Å². The smallest absolute Gasteiger partial charge is 0.330 e. The zero-order valence-corrected chi connectivity index (χ0v) is 23.6. The Balaban J connectivity index is 1.56. The van der Waals surface area contributed by atoms with E-state index in [4.69, 9.17) is 37.4 Å². The number of nitrogens with zero attached hydrogens (tertiary/aromatic N) is 1. The average molecular weight is 566 g/mol. The maximum absolute atomic E-state index is 13.8. The van der Waals surface area contributed by atoms with Gasteiger partial charge in [-0.15, -0.1) is 23.2 Å². The van der Waals surface area contributed by atoms with Crippen molar-refractivity contribution in [3.63, 3.8) is 0 Å². The Morgan fingerprint density at radius 1 is 1.03 bits per heavy atom. The number of anilines is 1. The molecule has 1 fully saturated rings. The van der Waals surface area contributed by atoms with E-state index in [1.165, 1.54) is 13.2 Å². The van der Waals surface area contributed by atoms with Crippen LogP contribution in [-0.4, -0.2) is 36.0 Å². The number of benzene rings is 3. The molecule has 2 aliphatic rings. The number of rotatable bonds is 7. The fraction of sp³-hybridized carbons (Fsp3) is 0.290. The van der Waals surface area contributed by atoms with Crippen LogP contribution in [0.3, 0.4) is 0 Å². The molecule has 0 bridgehead atoms. The highest BCUT2D eigenvalue weighted by Gasteiger charge is 2.73. The van der Waals surface area contributed by atoms with Crippen molar-refractivity contribution in [3.05, 3.63) is 95.1 Å². The first-order valence-electron chi connectivity index (χ1n) is 12.6. The molecule has 0 radical (unpaired) electrons. The molecule has 2 atom stereocenters. The lowest BCUT2D eigenvalue weighted by Gasteiger charge is -2.34. The molecule has 8 heteroatoms. The molecule has 1 aliphatic carbocycles. The third kappa shape index (κ3) is 4.99. The number of esters is 1. The van der Waals surface area contributed by atoms with Gasteiger partial charge >= 0.3 is 5.97 Å². The van der Waals surface area contributed by atoms with Gasteiger partial charge in [0.25, 0.3) is 5.91 Å². The number of ether oxygens (including phenoxy) is 3. The number of carbonyl (C=O) groups is 2. The normalized spacial score (nSPS) is 19.8. The van der Waals surface area contributed by atoms with Gasteiger partial charge in [0.1, 0.15) is 9.93 Å². The summed E-state index contributed by atoms with van der Waals surface area (Å²) in [6.45, 7) is 4.16. The molecule has 3 aromatic carbocycles. The molecule has 2 unspecified atom stereocenters. The second-order valence-electron chi connectivity index (χ2n) is 10.2. The van der Waals surface area contributed by atoms with E-state index >= 15 is 0 Å². The molecule has 0 saturated heterocycles. The van der Waals surface area contributed by atoms with E-state index in [1.54, 1.807) is 30.2 Å². The molecule has 1 heterocycles. The summed E-state index contributed by atoms with van der Waals surface area (Å²) in [5, 5.41) is 0. The van der Waals surface area contributed by atoms with E-state index in [0.717, 1.165) is 16.7 Å². The number of fused-ring (bicyclic) bond motifs is 3. The Morgan fingerprint density at radius 2 is 1.77 bits per heavy atom. The van der Waals surface area contributed by atoms with Gasteiger partial charge in [0.2, 0.25) is 0 Å². The van der Waals surface area contributed by atoms with Crippen LogP contribution in [0.2, 0.25) is 0 Å². The fourth-order valence-corrected chi connectivity index (χ4v) is 6.58. The van der Waals surface area contributed by atoms with Gasteiger partial charge in [0.15, 0.2) is 11.5 Å². The average Bonchev–Trinajstić information content (AvgIpc) is 3.53. The van der Waals surface area contributed by atoms with E-state index in [0.29, 0.717) is 22.7 Å². The summed E-state index contributed by atoms with van der Waals surface area (Å²) in [4.78, 5) is 27.1. The minimum Gasteiger partial charge on any atom is -0.492 e. The van der Waals surface area contributed by atoms with Crippen molar-refractivity contribution in [1.29, 1.82) is 0 Å². The van der Waals surface area contributed by atoms with Crippen molar-refractivity contribution in [2.75, 3.05) is 19.1 Å². The summed E-state index contributed by atoms with van der Waals surface area (Å²) in [5.74, 6) is 0.397. The lowest BCUT2D eigenvalue weighted by molar-refractivity contribution is -0.134. The zero-order valence-electron chi connectivity index (χ0n) is 22.1. The number of hydrogen-bond donors (Lipinski definition) is 0. The molecule has 5 rings (SSSR count). The van der Waals surface area contributed by atoms with Crippen LogP contribution in [0.5, 0.6) is 11.5 Å². The number of hydrogen-bond acceptors (Lipinski definition) is 5. The SMILES string of the molecule is COC(=O)/C=C/c1cccc(N(Cc2ccc3c(c2OC)OC(C)(C)C2C3C2(Cl)Cl)C(=O)c2ccccc2)c1. The minimum absolute atomic E-state index is 0.0340. The van der Waals surface area contributed by atoms with E-state index in [1.807, 2.05) is 68.4 Å². The molecule has 0 N–H and O–H groups in total. The Hall–Kier alpha value is -3.48.